The maximum Gasteiger partial charge on any atom is 0.255 e. The van der Waals surface area contributed by atoms with E-state index >= 15 is 0 Å². The number of anilines is 1. The van der Waals surface area contributed by atoms with Crippen LogP contribution in [0.2, 0.25) is 0 Å². The largest absolute Gasteiger partial charge is 0.508 e. The van der Waals surface area contributed by atoms with Gasteiger partial charge in [0.25, 0.3) is 5.91 Å². The number of phenols is 1. The third kappa shape index (κ3) is 2.47. The molecule has 2 N–H and O–H groups in total. The maximum atomic E-state index is 12.2. The van der Waals surface area contributed by atoms with Crippen molar-refractivity contribution in [2.75, 3.05) is 5.32 Å². The van der Waals surface area contributed by atoms with Crippen LogP contribution >= 0.6 is 0 Å². The van der Waals surface area contributed by atoms with E-state index in [9.17, 15) is 9.90 Å². The van der Waals surface area contributed by atoms with E-state index in [1.54, 1.807) is 24.3 Å². The summed E-state index contributed by atoms with van der Waals surface area (Å²) in [6.07, 6.45) is 0. The molecule has 20 heavy (non-hydrogen) atoms. The first-order chi connectivity index (χ1) is 9.72. The molecule has 0 aliphatic carbocycles. The number of phenolic OH excluding ortho intramolecular Hbond substituents is 1. The summed E-state index contributed by atoms with van der Waals surface area (Å²) in [5.74, 6) is -0.0670. The first-order valence-corrected chi connectivity index (χ1v) is 6.31. The van der Waals surface area contributed by atoms with Gasteiger partial charge in [0.05, 0.1) is 0 Å². The zero-order chi connectivity index (χ0) is 13.9. The normalized spacial score (nSPS) is 10.4. The van der Waals surface area contributed by atoms with Gasteiger partial charge in [-0.1, -0.05) is 36.4 Å². The standard InChI is InChI=1S/C17H13NO2/c19-16-7-3-6-15(11-16)18-17(20)14-9-8-12-4-1-2-5-13(12)10-14/h1-11,19H,(H,18,20). The van der Waals surface area contributed by atoms with E-state index in [-0.39, 0.29) is 11.7 Å². The Kier molecular flexibility index (Phi) is 3.09. The molecule has 0 aromatic heterocycles. The van der Waals surface area contributed by atoms with E-state index in [0.717, 1.165) is 10.8 Å². The Morgan fingerprint density at radius 2 is 1.65 bits per heavy atom. The highest BCUT2D eigenvalue weighted by Crippen LogP contribution is 2.19. The Morgan fingerprint density at radius 1 is 0.850 bits per heavy atom. The second kappa shape index (κ2) is 5.05. The van der Waals surface area contributed by atoms with Gasteiger partial charge in [-0.15, -0.1) is 0 Å². The van der Waals surface area contributed by atoms with Gasteiger partial charge in [-0.05, 0) is 35.0 Å². The van der Waals surface area contributed by atoms with Crippen molar-refractivity contribution in [3.05, 3.63) is 72.3 Å². The first-order valence-electron chi connectivity index (χ1n) is 6.31. The van der Waals surface area contributed by atoms with Gasteiger partial charge in [0, 0.05) is 17.3 Å². The zero-order valence-electron chi connectivity index (χ0n) is 10.7. The molecule has 0 radical (unpaired) electrons. The Morgan fingerprint density at radius 3 is 2.45 bits per heavy atom. The molecule has 0 unspecified atom stereocenters. The number of fused-ring (bicyclic) bond motifs is 1. The number of carbonyl (C=O) groups excluding carboxylic acids is 1. The van der Waals surface area contributed by atoms with Gasteiger partial charge in [-0.2, -0.15) is 0 Å². The van der Waals surface area contributed by atoms with Gasteiger partial charge in [0.1, 0.15) is 5.75 Å². The molecule has 3 rings (SSSR count). The highest BCUT2D eigenvalue weighted by Gasteiger charge is 2.07. The highest BCUT2D eigenvalue weighted by atomic mass is 16.3. The molecule has 0 fully saturated rings. The number of hydrogen-bond donors (Lipinski definition) is 2. The average molecular weight is 263 g/mol. The summed E-state index contributed by atoms with van der Waals surface area (Å²) < 4.78 is 0. The Hall–Kier alpha value is -2.81. The van der Waals surface area contributed by atoms with Crippen molar-refractivity contribution in [3.63, 3.8) is 0 Å². The van der Waals surface area contributed by atoms with Crippen LogP contribution in [-0.2, 0) is 0 Å². The monoisotopic (exact) mass is 263 g/mol. The van der Waals surface area contributed by atoms with Crippen molar-refractivity contribution >= 4 is 22.4 Å². The summed E-state index contributed by atoms with van der Waals surface area (Å²) in [6.45, 7) is 0. The van der Waals surface area contributed by atoms with Gasteiger partial charge in [0.15, 0.2) is 0 Å². The van der Waals surface area contributed by atoms with E-state index < -0.39 is 0 Å². The topological polar surface area (TPSA) is 49.3 Å². The smallest absolute Gasteiger partial charge is 0.255 e. The van der Waals surface area contributed by atoms with Crippen molar-refractivity contribution in [2.45, 2.75) is 0 Å². The van der Waals surface area contributed by atoms with E-state index in [2.05, 4.69) is 5.32 Å². The lowest BCUT2D eigenvalue weighted by Crippen LogP contribution is -2.11. The molecule has 1 amide bonds. The van der Waals surface area contributed by atoms with Crippen LogP contribution in [-0.4, -0.2) is 11.0 Å². The molecule has 0 spiro atoms. The second-order valence-corrected chi connectivity index (χ2v) is 4.57. The second-order valence-electron chi connectivity index (χ2n) is 4.57. The number of aromatic hydroxyl groups is 1. The summed E-state index contributed by atoms with van der Waals surface area (Å²) in [6, 6.07) is 20.0. The van der Waals surface area contributed by atoms with Crippen LogP contribution in [0.5, 0.6) is 5.75 Å². The Balaban J connectivity index is 1.88. The van der Waals surface area contributed by atoms with Crippen molar-refractivity contribution < 1.29 is 9.90 Å². The summed E-state index contributed by atoms with van der Waals surface area (Å²) in [7, 11) is 0. The van der Waals surface area contributed by atoms with Crippen LogP contribution in [0.3, 0.4) is 0 Å². The van der Waals surface area contributed by atoms with Gasteiger partial charge >= 0.3 is 0 Å². The fraction of sp³-hybridized carbons (Fsp3) is 0. The minimum atomic E-state index is -0.193. The van der Waals surface area contributed by atoms with Gasteiger partial charge < -0.3 is 10.4 Å². The fourth-order valence-electron chi connectivity index (χ4n) is 2.12. The molecule has 0 aliphatic rings. The zero-order valence-corrected chi connectivity index (χ0v) is 10.7. The predicted molar refractivity (Wildman–Crippen MR) is 80.0 cm³/mol. The number of hydrogen-bond acceptors (Lipinski definition) is 2. The molecule has 0 saturated heterocycles. The minimum Gasteiger partial charge on any atom is -0.508 e. The predicted octanol–water partition coefficient (Wildman–Crippen LogP) is 3.80. The summed E-state index contributed by atoms with van der Waals surface area (Å²) >= 11 is 0. The lowest BCUT2D eigenvalue weighted by Gasteiger charge is -2.06. The molecule has 0 saturated carbocycles. The van der Waals surface area contributed by atoms with Crippen LogP contribution in [0.25, 0.3) is 10.8 Å². The number of nitrogens with one attached hydrogen (secondary N) is 1. The van der Waals surface area contributed by atoms with Gasteiger partial charge in [-0.25, -0.2) is 0 Å². The molecule has 3 nitrogen and oxygen atoms in total. The van der Waals surface area contributed by atoms with Crippen LogP contribution in [0, 0.1) is 0 Å². The third-order valence-corrected chi connectivity index (χ3v) is 3.12. The first kappa shape index (κ1) is 12.2. The molecule has 0 bridgehead atoms. The molecule has 0 heterocycles. The minimum absolute atomic E-state index is 0.126. The molecule has 3 aromatic carbocycles. The molecule has 0 aliphatic heterocycles. The summed E-state index contributed by atoms with van der Waals surface area (Å²) in [4.78, 5) is 12.2. The Bertz CT molecular complexity index is 781. The molecule has 3 aromatic rings. The van der Waals surface area contributed by atoms with Crippen molar-refractivity contribution in [3.8, 4) is 5.75 Å². The Labute approximate surface area is 116 Å². The average Bonchev–Trinajstić information content (AvgIpc) is 2.47. The summed E-state index contributed by atoms with van der Waals surface area (Å²) in [5, 5.41) is 14.3. The van der Waals surface area contributed by atoms with Gasteiger partial charge in [-0.3, -0.25) is 4.79 Å². The quantitative estimate of drug-likeness (QED) is 0.738. The van der Waals surface area contributed by atoms with Crippen molar-refractivity contribution in [1.82, 2.24) is 0 Å². The van der Waals surface area contributed by atoms with E-state index in [1.807, 2.05) is 36.4 Å². The lowest BCUT2D eigenvalue weighted by molar-refractivity contribution is 0.102. The van der Waals surface area contributed by atoms with Crippen LogP contribution in [0.15, 0.2) is 66.7 Å². The number of rotatable bonds is 2. The van der Waals surface area contributed by atoms with E-state index in [1.165, 1.54) is 6.07 Å². The van der Waals surface area contributed by atoms with Gasteiger partial charge in [0.2, 0.25) is 0 Å². The fourth-order valence-corrected chi connectivity index (χ4v) is 2.12. The SMILES string of the molecule is O=C(Nc1cccc(O)c1)c1ccc2ccccc2c1. The van der Waals surface area contributed by atoms with E-state index in [0.29, 0.717) is 11.3 Å². The number of carbonyl (C=O) groups is 1. The molecule has 98 valence electrons. The van der Waals surface area contributed by atoms with Crippen molar-refractivity contribution in [2.24, 2.45) is 0 Å². The number of amides is 1. The third-order valence-electron chi connectivity index (χ3n) is 3.12. The molecular formula is C17H13NO2. The molecule has 0 atom stereocenters. The highest BCUT2D eigenvalue weighted by molar-refractivity contribution is 6.06. The van der Waals surface area contributed by atoms with Crippen LogP contribution in [0.1, 0.15) is 10.4 Å². The lowest BCUT2D eigenvalue weighted by atomic mass is 10.1. The summed E-state index contributed by atoms with van der Waals surface area (Å²) in [5.41, 5.74) is 1.16. The number of benzene rings is 3. The van der Waals surface area contributed by atoms with E-state index in [4.69, 9.17) is 0 Å². The van der Waals surface area contributed by atoms with Crippen molar-refractivity contribution in [1.29, 1.82) is 0 Å². The molecular weight excluding hydrogens is 250 g/mol. The maximum absolute atomic E-state index is 12.2. The van der Waals surface area contributed by atoms with Crippen LogP contribution < -0.4 is 5.32 Å². The molecule has 3 heteroatoms. The van der Waals surface area contributed by atoms with Crippen LogP contribution in [0.4, 0.5) is 5.69 Å².